The van der Waals surface area contributed by atoms with Crippen LogP contribution in [0.2, 0.25) is 0 Å². The molecule has 0 aliphatic rings. The van der Waals surface area contributed by atoms with Crippen molar-refractivity contribution in [3.05, 3.63) is 45.6 Å². The number of thiophene rings is 1. The summed E-state index contributed by atoms with van der Waals surface area (Å²) in [6, 6.07) is 8.42. The second kappa shape index (κ2) is 5.75. The second-order valence-electron chi connectivity index (χ2n) is 4.18. The smallest absolute Gasteiger partial charge is 0.253 e. The summed E-state index contributed by atoms with van der Waals surface area (Å²) in [6.07, 6.45) is 0.998. The number of nitrogen functional groups attached to an aromatic ring is 1. The third-order valence-corrected chi connectivity index (χ3v) is 4.00. The summed E-state index contributed by atoms with van der Waals surface area (Å²) in [5.74, 6) is -0.247. The highest BCUT2D eigenvalue weighted by atomic mass is 32.1. The molecule has 0 saturated heterocycles. The number of amides is 1. The number of anilines is 1. The van der Waals surface area contributed by atoms with Gasteiger partial charge in [0, 0.05) is 15.4 Å². The fraction of sp³-hybridized carbons (Fsp3) is 0.214. The zero-order valence-electron chi connectivity index (χ0n) is 10.6. The fourth-order valence-corrected chi connectivity index (χ4v) is 2.61. The molecule has 1 amide bonds. The number of rotatable bonds is 4. The van der Waals surface area contributed by atoms with Crippen molar-refractivity contribution in [3.63, 3.8) is 0 Å². The minimum Gasteiger partial charge on any atom is -0.508 e. The van der Waals surface area contributed by atoms with Gasteiger partial charge in [0.25, 0.3) is 5.91 Å². The number of aromatic hydroxyl groups is 1. The van der Waals surface area contributed by atoms with Crippen molar-refractivity contribution in [3.8, 4) is 5.75 Å². The summed E-state index contributed by atoms with van der Waals surface area (Å²) < 4.78 is 0. The van der Waals surface area contributed by atoms with Crippen LogP contribution in [-0.2, 0) is 13.0 Å². The third kappa shape index (κ3) is 3.26. The molecule has 0 fully saturated rings. The van der Waals surface area contributed by atoms with Crippen LogP contribution in [0.5, 0.6) is 5.75 Å². The molecule has 1 aromatic heterocycles. The highest BCUT2D eigenvalue weighted by molar-refractivity contribution is 7.11. The predicted octanol–water partition coefficient (Wildman–Crippen LogP) is 2.53. The molecule has 2 rings (SSSR count). The van der Waals surface area contributed by atoms with Crippen molar-refractivity contribution in [2.75, 3.05) is 5.73 Å². The number of nitrogens with one attached hydrogen (secondary N) is 1. The molecule has 0 atom stereocenters. The van der Waals surface area contributed by atoms with Crippen molar-refractivity contribution < 1.29 is 9.90 Å². The van der Waals surface area contributed by atoms with Crippen molar-refractivity contribution in [1.29, 1.82) is 0 Å². The van der Waals surface area contributed by atoms with Gasteiger partial charge in [-0.2, -0.15) is 0 Å². The Hall–Kier alpha value is -2.01. The van der Waals surface area contributed by atoms with E-state index in [2.05, 4.69) is 18.3 Å². The Balaban J connectivity index is 2.03. The zero-order valence-corrected chi connectivity index (χ0v) is 11.5. The maximum Gasteiger partial charge on any atom is 0.253 e. The lowest BCUT2D eigenvalue weighted by atomic mass is 10.1. The standard InChI is InChI=1S/C14H16N2O2S/c1-2-10-4-5-11(19-10)8-16-14(18)12-7-9(17)3-6-13(12)15/h3-7,17H,2,8,15H2,1H3,(H,16,18). The van der Waals surface area contributed by atoms with E-state index in [-0.39, 0.29) is 11.7 Å². The Morgan fingerprint density at radius 3 is 2.74 bits per heavy atom. The Labute approximate surface area is 115 Å². The topological polar surface area (TPSA) is 75.3 Å². The van der Waals surface area contributed by atoms with E-state index < -0.39 is 0 Å². The van der Waals surface area contributed by atoms with Gasteiger partial charge in [0.15, 0.2) is 0 Å². The molecule has 2 aromatic rings. The summed E-state index contributed by atoms with van der Waals surface area (Å²) in [6.45, 7) is 2.57. The van der Waals surface area contributed by atoms with Gasteiger partial charge in [0.2, 0.25) is 0 Å². The second-order valence-corrected chi connectivity index (χ2v) is 5.43. The molecule has 0 radical (unpaired) electrons. The van der Waals surface area contributed by atoms with E-state index in [1.165, 1.54) is 23.1 Å². The molecule has 1 aromatic carbocycles. The predicted molar refractivity (Wildman–Crippen MR) is 77.4 cm³/mol. The molecule has 0 bridgehead atoms. The first-order valence-corrected chi connectivity index (χ1v) is 6.86. The van der Waals surface area contributed by atoms with E-state index in [0.29, 0.717) is 17.8 Å². The molecule has 0 saturated carbocycles. The van der Waals surface area contributed by atoms with Crippen LogP contribution in [0.15, 0.2) is 30.3 Å². The average molecular weight is 276 g/mol. The summed E-state index contributed by atoms with van der Waals surface area (Å²) in [4.78, 5) is 14.4. The molecule has 4 N–H and O–H groups in total. The highest BCUT2D eigenvalue weighted by Gasteiger charge is 2.10. The van der Waals surface area contributed by atoms with Crippen LogP contribution in [0.1, 0.15) is 27.0 Å². The number of nitrogens with two attached hydrogens (primary N) is 1. The summed E-state index contributed by atoms with van der Waals surface area (Å²) in [7, 11) is 0. The van der Waals surface area contributed by atoms with E-state index in [1.807, 2.05) is 6.07 Å². The summed E-state index contributed by atoms with van der Waals surface area (Å²) in [5, 5.41) is 12.2. The van der Waals surface area contributed by atoms with Crippen LogP contribution in [0.25, 0.3) is 0 Å². The Kier molecular flexibility index (Phi) is 4.06. The number of aryl methyl sites for hydroxylation is 1. The normalized spacial score (nSPS) is 10.4. The van der Waals surface area contributed by atoms with Crippen LogP contribution in [0.3, 0.4) is 0 Å². The lowest BCUT2D eigenvalue weighted by Crippen LogP contribution is -2.23. The van der Waals surface area contributed by atoms with Crippen molar-refractivity contribution in [1.82, 2.24) is 5.32 Å². The quantitative estimate of drug-likeness (QED) is 0.593. The van der Waals surface area contributed by atoms with Crippen molar-refractivity contribution in [2.45, 2.75) is 19.9 Å². The van der Waals surface area contributed by atoms with Gasteiger partial charge >= 0.3 is 0 Å². The van der Waals surface area contributed by atoms with E-state index in [0.717, 1.165) is 11.3 Å². The number of hydrogen-bond donors (Lipinski definition) is 3. The maximum atomic E-state index is 12.0. The first-order valence-electron chi connectivity index (χ1n) is 6.04. The van der Waals surface area contributed by atoms with E-state index in [4.69, 9.17) is 5.73 Å². The molecule has 0 aliphatic heterocycles. The first-order chi connectivity index (χ1) is 9.10. The molecule has 1 heterocycles. The number of carbonyl (C=O) groups is 1. The molecule has 100 valence electrons. The number of phenols is 1. The SMILES string of the molecule is CCc1ccc(CNC(=O)c2cc(O)ccc2N)s1. The summed E-state index contributed by atoms with van der Waals surface area (Å²) >= 11 is 1.68. The number of phenolic OH excluding ortho intramolecular Hbond substituents is 1. The number of hydrogen-bond acceptors (Lipinski definition) is 4. The van der Waals surface area contributed by atoms with Crippen LogP contribution < -0.4 is 11.1 Å². The Morgan fingerprint density at radius 1 is 1.32 bits per heavy atom. The molecule has 0 spiro atoms. The molecular formula is C14H16N2O2S. The van der Waals surface area contributed by atoms with Gasteiger partial charge in [-0.15, -0.1) is 11.3 Å². The van der Waals surface area contributed by atoms with E-state index in [9.17, 15) is 9.90 Å². The zero-order chi connectivity index (χ0) is 13.8. The van der Waals surface area contributed by atoms with Gasteiger partial charge in [-0.25, -0.2) is 0 Å². The minimum absolute atomic E-state index is 0.0312. The Morgan fingerprint density at radius 2 is 2.05 bits per heavy atom. The lowest BCUT2D eigenvalue weighted by molar-refractivity contribution is 0.0952. The molecule has 5 heteroatoms. The van der Waals surface area contributed by atoms with E-state index in [1.54, 1.807) is 11.3 Å². The minimum atomic E-state index is -0.278. The maximum absolute atomic E-state index is 12.0. The molecule has 19 heavy (non-hydrogen) atoms. The monoisotopic (exact) mass is 276 g/mol. The van der Waals surface area contributed by atoms with Gasteiger partial charge in [-0.05, 0) is 36.8 Å². The van der Waals surface area contributed by atoms with Gasteiger partial charge in [-0.3, -0.25) is 4.79 Å². The van der Waals surface area contributed by atoms with Crippen LogP contribution >= 0.6 is 11.3 Å². The fourth-order valence-electron chi connectivity index (χ4n) is 1.71. The van der Waals surface area contributed by atoms with Gasteiger partial charge in [0.1, 0.15) is 5.75 Å². The number of benzene rings is 1. The molecular weight excluding hydrogens is 260 g/mol. The third-order valence-electron chi connectivity index (χ3n) is 2.77. The first kappa shape index (κ1) is 13.4. The van der Waals surface area contributed by atoms with E-state index >= 15 is 0 Å². The highest BCUT2D eigenvalue weighted by Crippen LogP contribution is 2.19. The molecule has 0 aliphatic carbocycles. The van der Waals surface area contributed by atoms with Gasteiger partial charge < -0.3 is 16.2 Å². The lowest BCUT2D eigenvalue weighted by Gasteiger charge is -2.07. The van der Waals surface area contributed by atoms with Crippen molar-refractivity contribution in [2.24, 2.45) is 0 Å². The average Bonchev–Trinajstić information content (AvgIpc) is 2.87. The Bertz CT molecular complexity index is 593. The largest absolute Gasteiger partial charge is 0.508 e. The van der Waals surface area contributed by atoms with Gasteiger partial charge in [-0.1, -0.05) is 6.92 Å². The van der Waals surface area contributed by atoms with Crippen molar-refractivity contribution >= 4 is 22.9 Å². The number of carbonyl (C=O) groups excluding carboxylic acids is 1. The van der Waals surface area contributed by atoms with Crippen LogP contribution in [0.4, 0.5) is 5.69 Å². The van der Waals surface area contributed by atoms with Gasteiger partial charge in [0.05, 0.1) is 12.1 Å². The van der Waals surface area contributed by atoms with Crippen LogP contribution in [-0.4, -0.2) is 11.0 Å². The van der Waals surface area contributed by atoms with Crippen LogP contribution in [0, 0.1) is 0 Å². The summed E-state index contributed by atoms with van der Waals surface area (Å²) in [5.41, 5.74) is 6.37. The molecule has 4 nitrogen and oxygen atoms in total. The molecule has 0 unspecified atom stereocenters.